The van der Waals surface area contributed by atoms with Gasteiger partial charge >= 0.3 is 0 Å². The van der Waals surface area contributed by atoms with E-state index < -0.39 is 8.07 Å². The second-order valence-electron chi connectivity index (χ2n) is 9.11. The van der Waals surface area contributed by atoms with E-state index in [2.05, 4.69) is 70.9 Å². The van der Waals surface area contributed by atoms with E-state index in [1.54, 1.807) is 0 Å². The van der Waals surface area contributed by atoms with Crippen LogP contribution in [0, 0.1) is 11.8 Å². The van der Waals surface area contributed by atoms with Crippen LogP contribution in [0.4, 0.5) is 0 Å². The van der Waals surface area contributed by atoms with E-state index >= 15 is 0 Å². The van der Waals surface area contributed by atoms with E-state index in [1.165, 1.54) is 30.4 Å². The molecule has 3 atom stereocenters. The number of hydrogen-bond acceptors (Lipinski definition) is 5. The molecule has 3 nitrogen and oxygen atoms in total. The lowest BCUT2D eigenvalue weighted by atomic mass is 9.91. The zero-order valence-electron chi connectivity index (χ0n) is 18.3. The predicted octanol–water partition coefficient (Wildman–Crippen LogP) is 5.97. The summed E-state index contributed by atoms with van der Waals surface area (Å²) in [6.45, 7) is 17.5. The van der Waals surface area contributed by atoms with Crippen molar-refractivity contribution < 1.29 is 14.2 Å². The quantitative estimate of drug-likeness (QED) is 0.219. The normalized spacial score (nSPS) is 21.6. The Kier molecular flexibility index (Phi) is 11.2. The lowest BCUT2D eigenvalue weighted by Gasteiger charge is -2.43. The van der Waals surface area contributed by atoms with Crippen LogP contribution >= 0.6 is 23.5 Å². The number of hydrogen-bond donors (Lipinski definition) is 0. The third kappa shape index (κ3) is 8.44. The van der Waals surface area contributed by atoms with Gasteiger partial charge in [-0.25, -0.2) is 0 Å². The largest absolute Gasteiger partial charge is 0.378 e. The average Bonchev–Trinajstić information content (AvgIpc) is 2.54. The van der Waals surface area contributed by atoms with Crippen LogP contribution in [0.15, 0.2) is 0 Å². The lowest BCUT2D eigenvalue weighted by Crippen LogP contribution is -2.40. The highest BCUT2D eigenvalue weighted by molar-refractivity contribution is 8.18. The maximum Gasteiger partial charge on any atom is 0.147 e. The van der Waals surface area contributed by atoms with Crippen molar-refractivity contribution in [3.63, 3.8) is 0 Å². The first-order valence-corrected chi connectivity index (χ1v) is 15.8. The highest BCUT2D eigenvalue weighted by Crippen LogP contribution is 2.51. The molecule has 1 aliphatic heterocycles. The van der Waals surface area contributed by atoms with Crippen molar-refractivity contribution in [2.24, 2.45) is 11.8 Å². The molecule has 0 N–H and O–H groups in total. The molecule has 0 aromatic rings. The van der Waals surface area contributed by atoms with Gasteiger partial charge in [-0.2, -0.15) is 0 Å². The molecule has 26 heavy (non-hydrogen) atoms. The highest BCUT2D eigenvalue weighted by atomic mass is 32.2. The van der Waals surface area contributed by atoms with Crippen LogP contribution < -0.4 is 0 Å². The zero-order valence-corrected chi connectivity index (χ0v) is 20.9. The summed E-state index contributed by atoms with van der Waals surface area (Å²) in [7, 11) is 0.781. The van der Waals surface area contributed by atoms with Crippen molar-refractivity contribution in [1.29, 1.82) is 0 Å². The topological polar surface area (TPSA) is 27.7 Å². The lowest BCUT2D eigenvalue weighted by molar-refractivity contribution is -0.134. The van der Waals surface area contributed by atoms with Crippen molar-refractivity contribution >= 4 is 31.6 Å². The summed E-state index contributed by atoms with van der Waals surface area (Å²) >= 11 is 4.32. The van der Waals surface area contributed by atoms with Crippen LogP contribution in [0.5, 0.6) is 0 Å². The molecule has 0 aliphatic carbocycles. The first-order chi connectivity index (χ1) is 12.1. The highest BCUT2D eigenvalue weighted by Gasteiger charge is 2.40. The van der Waals surface area contributed by atoms with Crippen LogP contribution in [-0.2, 0) is 14.2 Å². The first-order valence-electron chi connectivity index (χ1n) is 10.1. The Labute approximate surface area is 172 Å². The van der Waals surface area contributed by atoms with Crippen molar-refractivity contribution in [1.82, 2.24) is 0 Å². The van der Waals surface area contributed by atoms with Crippen LogP contribution in [0.3, 0.4) is 0 Å². The van der Waals surface area contributed by atoms with Gasteiger partial charge in [-0.05, 0) is 49.2 Å². The molecule has 156 valence electrons. The van der Waals surface area contributed by atoms with Crippen LogP contribution in [0.2, 0.25) is 25.7 Å². The molecule has 0 aromatic heterocycles. The molecular formula is C20H42O3S2Si. The minimum absolute atomic E-state index is 0.0460. The Morgan fingerprint density at radius 2 is 1.65 bits per heavy atom. The maximum absolute atomic E-state index is 5.97. The summed E-state index contributed by atoms with van der Waals surface area (Å²) in [5.41, 5.74) is 0. The van der Waals surface area contributed by atoms with E-state index in [4.69, 9.17) is 14.2 Å². The smallest absolute Gasteiger partial charge is 0.147 e. The summed E-state index contributed by atoms with van der Waals surface area (Å²) in [6.07, 6.45) is 2.65. The van der Waals surface area contributed by atoms with Crippen LogP contribution in [-0.4, -0.2) is 56.4 Å². The molecule has 1 saturated heterocycles. The van der Waals surface area contributed by atoms with Crippen molar-refractivity contribution in [3.8, 4) is 0 Å². The Morgan fingerprint density at radius 1 is 1.04 bits per heavy atom. The van der Waals surface area contributed by atoms with Gasteiger partial charge in [0.2, 0.25) is 0 Å². The van der Waals surface area contributed by atoms with Gasteiger partial charge < -0.3 is 14.2 Å². The summed E-state index contributed by atoms with van der Waals surface area (Å²) < 4.78 is 17.9. The molecule has 0 amide bonds. The minimum atomic E-state index is -1.04. The number of rotatable bonds is 12. The maximum atomic E-state index is 5.97. The van der Waals surface area contributed by atoms with Gasteiger partial charge in [0.15, 0.2) is 0 Å². The summed E-state index contributed by atoms with van der Waals surface area (Å²) in [4.78, 5) is 0. The zero-order chi connectivity index (χ0) is 19.8. The van der Waals surface area contributed by atoms with Crippen molar-refractivity contribution in [3.05, 3.63) is 0 Å². The molecule has 0 unspecified atom stereocenters. The van der Waals surface area contributed by atoms with Gasteiger partial charge in [0.25, 0.3) is 0 Å². The molecule has 0 aromatic carbocycles. The second kappa shape index (κ2) is 11.7. The predicted molar refractivity (Wildman–Crippen MR) is 121 cm³/mol. The van der Waals surface area contributed by atoms with Gasteiger partial charge in [0.1, 0.15) is 6.79 Å². The Hall–Kier alpha value is 0.797. The van der Waals surface area contributed by atoms with Gasteiger partial charge in [-0.3, -0.25) is 0 Å². The fourth-order valence-electron chi connectivity index (χ4n) is 3.42. The monoisotopic (exact) mass is 422 g/mol. The van der Waals surface area contributed by atoms with Gasteiger partial charge in [-0.1, -0.05) is 40.4 Å². The fraction of sp³-hybridized carbons (Fsp3) is 1.00. The van der Waals surface area contributed by atoms with Gasteiger partial charge in [-0.15, -0.1) is 23.5 Å². The SMILES string of the molecule is CO[C@@H]([C@H](C)CC1(C(C)C)SCCCS1)[C@H](C)OCOCC[Si](C)(C)C. The van der Waals surface area contributed by atoms with Crippen molar-refractivity contribution in [2.45, 2.75) is 82.5 Å². The van der Waals surface area contributed by atoms with Crippen molar-refractivity contribution in [2.75, 3.05) is 32.0 Å². The van der Waals surface area contributed by atoms with E-state index in [-0.39, 0.29) is 12.2 Å². The Morgan fingerprint density at radius 3 is 2.15 bits per heavy atom. The van der Waals surface area contributed by atoms with Crippen LogP contribution in [0.25, 0.3) is 0 Å². The van der Waals surface area contributed by atoms with E-state index in [0.29, 0.717) is 22.7 Å². The van der Waals surface area contributed by atoms with Gasteiger partial charge in [0, 0.05) is 21.8 Å². The number of thioether (sulfide) groups is 2. The molecular weight excluding hydrogens is 380 g/mol. The Bertz CT molecular complexity index is 382. The van der Waals surface area contributed by atoms with E-state index in [9.17, 15) is 0 Å². The summed E-state index contributed by atoms with van der Waals surface area (Å²) in [5, 5.41) is 0. The standard InChI is InChI=1S/C20H42O3S2Si/c1-16(2)20(24-11-9-12-25-20)14-17(3)19(21-5)18(4)23-15-22-10-13-26(6,7)8/h16-19H,9-15H2,1-8H3/t17-,18+,19+/m1/s1. The number of ether oxygens (including phenoxy) is 3. The molecule has 1 heterocycles. The van der Waals surface area contributed by atoms with E-state index in [0.717, 1.165) is 6.61 Å². The molecule has 1 rings (SSSR count). The van der Waals surface area contributed by atoms with E-state index in [1.807, 2.05) is 7.11 Å². The molecule has 0 spiro atoms. The third-order valence-electron chi connectivity index (χ3n) is 5.17. The van der Waals surface area contributed by atoms with Crippen LogP contribution in [0.1, 0.15) is 40.5 Å². The first kappa shape index (κ1) is 24.8. The summed E-state index contributed by atoms with van der Waals surface area (Å²) in [5.74, 6) is 3.69. The molecule has 1 aliphatic rings. The second-order valence-corrected chi connectivity index (χ2v) is 17.8. The average molecular weight is 423 g/mol. The number of methoxy groups -OCH3 is 1. The molecule has 0 saturated carbocycles. The molecule has 0 radical (unpaired) electrons. The molecule has 0 bridgehead atoms. The fourth-order valence-corrected chi connectivity index (χ4v) is 7.89. The third-order valence-corrected chi connectivity index (χ3v) is 10.8. The Balaban J connectivity index is 2.49. The summed E-state index contributed by atoms with van der Waals surface area (Å²) in [6, 6.07) is 1.18. The molecule has 6 heteroatoms. The molecule has 1 fully saturated rings. The van der Waals surface area contributed by atoms with Gasteiger partial charge in [0.05, 0.1) is 16.3 Å². The minimum Gasteiger partial charge on any atom is -0.378 e.